The van der Waals surface area contributed by atoms with Crippen LogP contribution in [0.5, 0.6) is 0 Å². The van der Waals surface area contributed by atoms with E-state index in [4.69, 9.17) is 0 Å². The number of rotatable bonds is 5. The second kappa shape index (κ2) is 4.45. The first kappa shape index (κ1) is 10.2. The molecule has 1 aliphatic rings. The van der Waals surface area contributed by atoms with Crippen molar-refractivity contribution in [2.75, 3.05) is 6.54 Å². The van der Waals surface area contributed by atoms with Gasteiger partial charge in [-0.1, -0.05) is 19.9 Å². The fraction of sp³-hybridized carbons (Fsp3) is 0.667. The third kappa shape index (κ3) is 2.58. The molecule has 2 heteroatoms. The Bertz CT molecular complexity index is 264. The lowest BCUT2D eigenvalue weighted by Crippen LogP contribution is -2.25. The summed E-state index contributed by atoms with van der Waals surface area (Å²) in [5.41, 5.74) is 0. The van der Waals surface area contributed by atoms with Gasteiger partial charge >= 0.3 is 0 Å². The topological polar surface area (TPSA) is 12.0 Å². The van der Waals surface area contributed by atoms with Crippen molar-refractivity contribution in [3.63, 3.8) is 0 Å². The number of thiophene rings is 1. The number of hydrogen-bond donors (Lipinski definition) is 1. The predicted molar refractivity (Wildman–Crippen MR) is 62.9 cm³/mol. The van der Waals surface area contributed by atoms with Gasteiger partial charge in [-0.15, -0.1) is 11.3 Å². The zero-order chi connectivity index (χ0) is 9.97. The summed E-state index contributed by atoms with van der Waals surface area (Å²) in [5, 5.41) is 5.78. The first-order valence-corrected chi connectivity index (χ1v) is 6.42. The van der Waals surface area contributed by atoms with E-state index in [1.54, 1.807) is 0 Å². The fourth-order valence-electron chi connectivity index (χ4n) is 1.65. The van der Waals surface area contributed by atoms with Crippen LogP contribution in [0.1, 0.15) is 37.5 Å². The minimum absolute atomic E-state index is 0.696. The van der Waals surface area contributed by atoms with Crippen LogP contribution >= 0.6 is 11.3 Å². The monoisotopic (exact) mass is 209 g/mol. The molecule has 1 fully saturated rings. The summed E-state index contributed by atoms with van der Waals surface area (Å²) in [6, 6.07) is 5.24. The van der Waals surface area contributed by atoms with E-state index in [0.717, 1.165) is 12.0 Å². The third-order valence-electron chi connectivity index (χ3n) is 3.15. The van der Waals surface area contributed by atoms with Crippen LogP contribution in [0.25, 0.3) is 0 Å². The quantitative estimate of drug-likeness (QED) is 0.785. The van der Waals surface area contributed by atoms with Gasteiger partial charge in [0, 0.05) is 10.9 Å². The molecule has 0 radical (unpaired) electrons. The third-order valence-corrected chi connectivity index (χ3v) is 4.22. The van der Waals surface area contributed by atoms with Crippen molar-refractivity contribution in [1.82, 2.24) is 5.32 Å². The second-order valence-corrected chi connectivity index (χ2v) is 5.44. The highest BCUT2D eigenvalue weighted by atomic mass is 32.1. The van der Waals surface area contributed by atoms with E-state index in [0.29, 0.717) is 5.92 Å². The maximum absolute atomic E-state index is 3.60. The maximum Gasteiger partial charge on any atom is 0.00765 e. The van der Waals surface area contributed by atoms with Gasteiger partial charge in [-0.3, -0.25) is 0 Å². The maximum atomic E-state index is 3.60. The lowest BCUT2D eigenvalue weighted by Gasteiger charge is -2.19. The highest BCUT2D eigenvalue weighted by molar-refractivity contribution is 7.10. The summed E-state index contributed by atoms with van der Waals surface area (Å²) in [7, 11) is 0. The van der Waals surface area contributed by atoms with Crippen molar-refractivity contribution in [3.05, 3.63) is 22.4 Å². The molecule has 0 spiro atoms. The Labute approximate surface area is 90.5 Å². The lowest BCUT2D eigenvalue weighted by molar-refractivity contribution is 0.450. The summed E-state index contributed by atoms with van der Waals surface area (Å²) in [6.45, 7) is 5.86. The van der Waals surface area contributed by atoms with E-state index < -0.39 is 0 Å². The SMILES string of the molecule is CC(CNC1CC1)C(C)c1cccs1. The van der Waals surface area contributed by atoms with Gasteiger partial charge in [-0.2, -0.15) is 0 Å². The average Bonchev–Trinajstić information content (AvgIpc) is 2.86. The highest BCUT2D eigenvalue weighted by Crippen LogP contribution is 2.28. The van der Waals surface area contributed by atoms with Gasteiger partial charge in [0.1, 0.15) is 0 Å². The van der Waals surface area contributed by atoms with Crippen molar-refractivity contribution in [3.8, 4) is 0 Å². The second-order valence-electron chi connectivity index (χ2n) is 4.46. The van der Waals surface area contributed by atoms with E-state index in [1.165, 1.54) is 24.3 Å². The molecular formula is C12H19NS. The predicted octanol–water partition coefficient (Wildman–Crippen LogP) is 3.24. The lowest BCUT2D eigenvalue weighted by atomic mass is 9.94. The molecule has 2 unspecified atom stereocenters. The molecule has 0 amide bonds. The molecule has 1 aromatic heterocycles. The first-order chi connectivity index (χ1) is 6.77. The van der Waals surface area contributed by atoms with Crippen LogP contribution in [0, 0.1) is 5.92 Å². The Hall–Kier alpha value is -0.340. The zero-order valence-electron chi connectivity index (χ0n) is 8.99. The van der Waals surface area contributed by atoms with Gasteiger partial charge < -0.3 is 5.32 Å². The molecule has 0 aromatic carbocycles. The standard InChI is InChI=1S/C12H19NS/c1-9(8-13-11-5-6-11)10(2)12-4-3-7-14-12/h3-4,7,9-11,13H,5-6,8H2,1-2H3. The van der Waals surface area contributed by atoms with Crippen LogP contribution in [0.3, 0.4) is 0 Å². The van der Waals surface area contributed by atoms with Crippen molar-refractivity contribution in [2.45, 2.75) is 38.6 Å². The fourth-order valence-corrected chi connectivity index (χ4v) is 2.57. The number of hydrogen-bond acceptors (Lipinski definition) is 2. The molecule has 2 atom stereocenters. The Kier molecular flexibility index (Phi) is 3.24. The molecule has 2 rings (SSSR count). The largest absolute Gasteiger partial charge is 0.314 e. The van der Waals surface area contributed by atoms with Crippen LogP contribution in [0.2, 0.25) is 0 Å². The molecular weight excluding hydrogens is 190 g/mol. The van der Waals surface area contributed by atoms with Crippen LogP contribution in [-0.4, -0.2) is 12.6 Å². The molecule has 1 aromatic rings. The Balaban J connectivity index is 1.80. The van der Waals surface area contributed by atoms with Crippen molar-refractivity contribution in [1.29, 1.82) is 0 Å². The Morgan fingerprint density at radius 2 is 2.29 bits per heavy atom. The van der Waals surface area contributed by atoms with E-state index in [9.17, 15) is 0 Å². The minimum atomic E-state index is 0.696. The van der Waals surface area contributed by atoms with Crippen LogP contribution in [0.15, 0.2) is 17.5 Å². The van der Waals surface area contributed by atoms with Crippen LogP contribution in [0.4, 0.5) is 0 Å². The molecule has 0 bridgehead atoms. The van der Waals surface area contributed by atoms with Gasteiger partial charge in [0.15, 0.2) is 0 Å². The average molecular weight is 209 g/mol. The van der Waals surface area contributed by atoms with Crippen LogP contribution in [-0.2, 0) is 0 Å². The van der Waals surface area contributed by atoms with Gasteiger partial charge in [0.25, 0.3) is 0 Å². The molecule has 0 saturated heterocycles. The van der Waals surface area contributed by atoms with Gasteiger partial charge in [0.05, 0.1) is 0 Å². The summed E-state index contributed by atoms with van der Waals surface area (Å²) in [6.07, 6.45) is 2.78. The summed E-state index contributed by atoms with van der Waals surface area (Å²) in [4.78, 5) is 1.52. The molecule has 0 aliphatic heterocycles. The van der Waals surface area contributed by atoms with E-state index >= 15 is 0 Å². The van der Waals surface area contributed by atoms with Gasteiger partial charge in [0.2, 0.25) is 0 Å². The number of nitrogens with one attached hydrogen (secondary N) is 1. The normalized spacial score (nSPS) is 20.7. The van der Waals surface area contributed by atoms with Crippen molar-refractivity contribution < 1.29 is 0 Å². The Morgan fingerprint density at radius 1 is 1.50 bits per heavy atom. The molecule has 1 N–H and O–H groups in total. The van der Waals surface area contributed by atoms with Gasteiger partial charge in [-0.25, -0.2) is 0 Å². The summed E-state index contributed by atoms with van der Waals surface area (Å²) >= 11 is 1.88. The molecule has 1 saturated carbocycles. The smallest absolute Gasteiger partial charge is 0.00765 e. The summed E-state index contributed by atoms with van der Waals surface area (Å²) < 4.78 is 0. The molecule has 1 nitrogen and oxygen atoms in total. The van der Waals surface area contributed by atoms with E-state index in [1.807, 2.05) is 11.3 Å². The van der Waals surface area contributed by atoms with Crippen molar-refractivity contribution >= 4 is 11.3 Å². The van der Waals surface area contributed by atoms with Crippen LogP contribution < -0.4 is 5.32 Å². The molecule has 78 valence electrons. The molecule has 1 aliphatic carbocycles. The molecule has 1 heterocycles. The highest BCUT2D eigenvalue weighted by Gasteiger charge is 2.22. The zero-order valence-corrected chi connectivity index (χ0v) is 9.81. The minimum Gasteiger partial charge on any atom is -0.314 e. The van der Waals surface area contributed by atoms with E-state index in [2.05, 4.69) is 36.7 Å². The van der Waals surface area contributed by atoms with Gasteiger partial charge in [-0.05, 0) is 42.7 Å². The summed E-state index contributed by atoms with van der Waals surface area (Å²) in [5.74, 6) is 1.44. The van der Waals surface area contributed by atoms with Crippen molar-refractivity contribution in [2.24, 2.45) is 5.92 Å². The van der Waals surface area contributed by atoms with E-state index in [-0.39, 0.29) is 0 Å². The Morgan fingerprint density at radius 3 is 2.86 bits per heavy atom. The first-order valence-electron chi connectivity index (χ1n) is 5.54. The molecule has 14 heavy (non-hydrogen) atoms.